The van der Waals surface area contributed by atoms with Crippen molar-refractivity contribution >= 4 is 11.8 Å². The molecule has 0 heterocycles. The van der Waals surface area contributed by atoms with Gasteiger partial charge in [0.2, 0.25) is 0 Å². The zero-order valence-corrected chi connectivity index (χ0v) is 9.07. The summed E-state index contributed by atoms with van der Waals surface area (Å²) in [4.78, 5) is 21.6. The van der Waals surface area contributed by atoms with Gasteiger partial charge in [0.15, 0.2) is 11.4 Å². The summed E-state index contributed by atoms with van der Waals surface area (Å²) in [5, 5.41) is 18.4. The molecular weight excluding hydrogens is 187 g/mol. The highest BCUT2D eigenvalue weighted by molar-refractivity contribution is 5.89. The highest BCUT2D eigenvalue weighted by atomic mass is 16.4. The highest BCUT2D eigenvalue weighted by Gasteiger charge is 2.40. The van der Waals surface area contributed by atoms with Gasteiger partial charge in [-0.25, -0.2) is 0 Å². The van der Waals surface area contributed by atoms with E-state index < -0.39 is 23.8 Å². The lowest BCUT2D eigenvalue weighted by Crippen LogP contribution is -2.54. The summed E-state index contributed by atoms with van der Waals surface area (Å²) in [6.07, 6.45) is -0.544. The second-order valence-corrected chi connectivity index (χ2v) is 4.61. The van der Waals surface area contributed by atoms with Gasteiger partial charge in [0.05, 0.1) is 27.6 Å². The highest BCUT2D eigenvalue weighted by Crippen LogP contribution is 2.15. The first kappa shape index (κ1) is 13.1. The first-order valence-corrected chi connectivity index (χ1v) is 4.32. The van der Waals surface area contributed by atoms with E-state index >= 15 is 0 Å². The molecule has 0 aromatic heterocycles. The van der Waals surface area contributed by atoms with Gasteiger partial charge in [-0.1, -0.05) is 0 Å². The normalized spacial score (nSPS) is 16.1. The first-order valence-electron chi connectivity index (χ1n) is 4.32. The van der Waals surface area contributed by atoms with Crippen molar-refractivity contribution in [1.82, 2.24) is 0 Å². The number of aliphatic carboxylic acids is 1. The van der Waals surface area contributed by atoms with Gasteiger partial charge >= 0.3 is 5.97 Å². The Morgan fingerprint density at radius 1 is 1.29 bits per heavy atom. The van der Waals surface area contributed by atoms with Gasteiger partial charge in [-0.15, -0.1) is 0 Å². The number of likely N-dealkylation sites (N-methyl/N-ethyl adjacent to an activating group) is 1. The van der Waals surface area contributed by atoms with E-state index in [4.69, 9.17) is 5.11 Å². The number of quaternary nitrogens is 1. The largest absolute Gasteiger partial charge is 0.481 e. The van der Waals surface area contributed by atoms with Crippen LogP contribution in [0.15, 0.2) is 0 Å². The molecule has 5 nitrogen and oxygen atoms in total. The van der Waals surface area contributed by atoms with Crippen LogP contribution in [0.1, 0.15) is 13.3 Å². The van der Waals surface area contributed by atoms with Crippen LogP contribution in [-0.4, -0.2) is 59.7 Å². The molecule has 0 aliphatic heterocycles. The summed E-state index contributed by atoms with van der Waals surface area (Å²) in [6, 6.07) is 0. The van der Waals surface area contributed by atoms with Crippen LogP contribution >= 0.6 is 0 Å². The molecule has 1 atom stereocenters. The lowest BCUT2D eigenvalue weighted by Gasteiger charge is -2.32. The molecule has 82 valence electrons. The number of rotatable bonds is 5. The van der Waals surface area contributed by atoms with Gasteiger partial charge < -0.3 is 14.7 Å². The number of ketones is 1. The number of carbonyl (C=O) groups is 2. The third-order valence-electron chi connectivity index (χ3n) is 1.83. The second kappa shape index (κ2) is 4.06. The smallest absolute Gasteiger partial charge is 0.306 e. The Morgan fingerprint density at radius 2 is 1.71 bits per heavy atom. The van der Waals surface area contributed by atoms with E-state index in [1.54, 1.807) is 21.1 Å². The van der Waals surface area contributed by atoms with E-state index in [9.17, 15) is 14.7 Å². The molecule has 0 aliphatic rings. The van der Waals surface area contributed by atoms with Crippen LogP contribution in [-0.2, 0) is 9.59 Å². The Morgan fingerprint density at radius 3 is 1.93 bits per heavy atom. The minimum Gasteiger partial charge on any atom is -0.481 e. The zero-order valence-electron chi connectivity index (χ0n) is 9.07. The average Bonchev–Trinajstić information content (AvgIpc) is 1.79. The van der Waals surface area contributed by atoms with Crippen LogP contribution < -0.4 is 0 Å². The van der Waals surface area contributed by atoms with Crippen LogP contribution in [0.5, 0.6) is 0 Å². The second-order valence-electron chi connectivity index (χ2n) is 4.61. The Balaban J connectivity index is 4.73. The molecule has 0 rings (SSSR count). The lowest BCUT2D eigenvalue weighted by molar-refractivity contribution is -0.875. The summed E-state index contributed by atoms with van der Waals surface area (Å²) in [5.41, 5.74) is -1.76. The number of carbonyl (C=O) groups excluding carboxylic acids is 1. The van der Waals surface area contributed by atoms with Crippen molar-refractivity contribution in [2.24, 2.45) is 0 Å². The molecule has 1 unspecified atom stereocenters. The molecule has 0 bridgehead atoms. The molecule has 0 radical (unpaired) electrons. The van der Waals surface area contributed by atoms with E-state index in [1.807, 2.05) is 0 Å². The predicted molar refractivity (Wildman–Crippen MR) is 50.8 cm³/mol. The summed E-state index contributed by atoms with van der Waals surface area (Å²) < 4.78 is 0.337. The van der Waals surface area contributed by atoms with Crippen molar-refractivity contribution in [2.75, 3.05) is 27.7 Å². The SMILES string of the molecule is C[13C](=O)C(O)(CC(=O)O)C[N+](C)(C)C. The zero-order chi connectivity index (χ0) is 11.6. The minimum absolute atomic E-state index is 0.0919. The fraction of sp³-hybridized carbons (Fsp3) is 0.778. The third-order valence-corrected chi connectivity index (χ3v) is 1.83. The molecule has 0 aromatic rings. The maximum absolute atomic E-state index is 11.2. The Hall–Kier alpha value is -0.940. The number of nitrogens with zero attached hydrogens (tertiary/aromatic N) is 1. The molecule has 0 aromatic carbocycles. The molecule has 0 saturated carbocycles. The Labute approximate surface area is 83.5 Å². The Bertz CT molecular complexity index is 244. The van der Waals surface area contributed by atoms with E-state index in [-0.39, 0.29) is 6.54 Å². The van der Waals surface area contributed by atoms with E-state index in [1.165, 1.54) is 6.92 Å². The van der Waals surface area contributed by atoms with Gasteiger partial charge in [0.1, 0.15) is 6.54 Å². The van der Waals surface area contributed by atoms with Gasteiger partial charge in [0, 0.05) is 0 Å². The van der Waals surface area contributed by atoms with Gasteiger partial charge in [-0.2, -0.15) is 0 Å². The molecular formula is C9H18NO4+. The fourth-order valence-corrected chi connectivity index (χ4v) is 1.33. The van der Waals surface area contributed by atoms with Gasteiger partial charge in [0.25, 0.3) is 0 Å². The molecule has 0 saturated heterocycles. The molecule has 0 aliphatic carbocycles. The van der Waals surface area contributed by atoms with Crippen LogP contribution in [0.25, 0.3) is 0 Å². The van der Waals surface area contributed by atoms with Crippen molar-refractivity contribution in [3.8, 4) is 0 Å². The van der Waals surface area contributed by atoms with Crippen molar-refractivity contribution < 1.29 is 24.3 Å². The van der Waals surface area contributed by atoms with Crippen molar-refractivity contribution in [1.29, 1.82) is 0 Å². The van der Waals surface area contributed by atoms with Crippen LogP contribution in [0, 0.1) is 0 Å². The van der Waals surface area contributed by atoms with E-state index in [2.05, 4.69) is 0 Å². The van der Waals surface area contributed by atoms with Crippen molar-refractivity contribution in [2.45, 2.75) is 18.9 Å². The first-order chi connectivity index (χ1) is 6.07. The van der Waals surface area contributed by atoms with Gasteiger partial charge in [-0.05, 0) is 6.92 Å². The van der Waals surface area contributed by atoms with E-state index in [0.29, 0.717) is 4.48 Å². The van der Waals surface area contributed by atoms with Crippen molar-refractivity contribution in [3.63, 3.8) is 0 Å². The van der Waals surface area contributed by atoms with Crippen LogP contribution in [0.2, 0.25) is 0 Å². The molecule has 0 amide bonds. The molecule has 5 heteroatoms. The quantitative estimate of drug-likeness (QED) is 0.468. The fourth-order valence-electron chi connectivity index (χ4n) is 1.33. The lowest BCUT2D eigenvalue weighted by atomic mass is 10.0. The standard InChI is InChI=1S/C9H17NO4/c1-7(11)9(14,5-8(12)13)6-10(2,3)4/h14H,5-6H2,1-4H3/p+1/i7+1. The Kier molecular flexibility index (Phi) is 3.79. The van der Waals surface area contributed by atoms with Crippen LogP contribution in [0.3, 0.4) is 0 Å². The minimum atomic E-state index is -1.76. The third kappa shape index (κ3) is 4.34. The molecule has 0 fully saturated rings. The monoisotopic (exact) mass is 205 g/mol. The van der Waals surface area contributed by atoms with E-state index in [0.717, 1.165) is 0 Å². The van der Waals surface area contributed by atoms with Gasteiger partial charge in [-0.3, -0.25) is 9.59 Å². The maximum Gasteiger partial charge on any atom is 0.306 e. The number of hydrogen-bond acceptors (Lipinski definition) is 3. The molecule has 0 spiro atoms. The number of Topliss-reactive ketones (excluding diaryl/α,β-unsaturated/α-hetero) is 1. The number of aliphatic hydroxyl groups is 1. The predicted octanol–water partition coefficient (Wildman–Crippen LogP) is -0.513. The maximum atomic E-state index is 11.2. The summed E-state index contributed by atoms with van der Waals surface area (Å²) in [6.45, 7) is 1.30. The number of hydrogen-bond donors (Lipinski definition) is 2. The van der Waals surface area contributed by atoms with Crippen LogP contribution in [0.4, 0.5) is 0 Å². The number of carboxylic acid groups (broad SMARTS) is 1. The van der Waals surface area contributed by atoms with Crippen molar-refractivity contribution in [3.05, 3.63) is 0 Å². The molecule has 2 N–H and O–H groups in total. The molecule has 14 heavy (non-hydrogen) atoms. The summed E-state index contributed by atoms with van der Waals surface area (Å²) in [5.74, 6) is -1.68. The number of carboxylic acids is 1. The summed E-state index contributed by atoms with van der Waals surface area (Å²) >= 11 is 0. The average molecular weight is 205 g/mol. The summed E-state index contributed by atoms with van der Waals surface area (Å²) in [7, 11) is 5.36. The topological polar surface area (TPSA) is 74.6 Å².